The van der Waals surface area contributed by atoms with E-state index in [4.69, 9.17) is 11.6 Å². The van der Waals surface area contributed by atoms with E-state index in [0.29, 0.717) is 5.69 Å². The first-order chi connectivity index (χ1) is 15.7. The fraction of sp³-hybridized carbons (Fsp3) is 0.0526. The van der Waals surface area contributed by atoms with Crippen molar-refractivity contribution < 1.29 is 13.2 Å². The molecule has 0 aliphatic carbocycles. The highest BCUT2D eigenvalue weighted by atomic mass is 35.5. The number of nitrogens with zero attached hydrogens (tertiary/aromatic N) is 3. The molecular weight excluding hydrogens is 490 g/mol. The maximum absolute atomic E-state index is 12.4. The van der Waals surface area contributed by atoms with Gasteiger partial charge in [0.1, 0.15) is 4.21 Å². The van der Waals surface area contributed by atoms with Crippen molar-refractivity contribution in [2.45, 2.75) is 4.21 Å². The van der Waals surface area contributed by atoms with Crippen LogP contribution in [0.4, 0.5) is 16.3 Å². The van der Waals surface area contributed by atoms with Crippen LogP contribution >= 0.6 is 22.9 Å². The van der Waals surface area contributed by atoms with Crippen LogP contribution in [0.15, 0.2) is 63.9 Å². The molecule has 4 N–H and O–H groups in total. The number of rotatable bonds is 6. The zero-order valence-electron chi connectivity index (χ0n) is 16.9. The van der Waals surface area contributed by atoms with Crippen molar-refractivity contribution in [3.05, 3.63) is 69.5 Å². The van der Waals surface area contributed by atoms with Gasteiger partial charge >= 0.3 is 6.03 Å². The number of sulfonamides is 1. The van der Waals surface area contributed by atoms with Crippen molar-refractivity contribution in [3.8, 4) is 17.1 Å². The maximum atomic E-state index is 12.4. The summed E-state index contributed by atoms with van der Waals surface area (Å²) in [5, 5.41) is 8.27. The van der Waals surface area contributed by atoms with Crippen molar-refractivity contribution >= 4 is 50.5 Å². The molecule has 11 nitrogen and oxygen atoms in total. The molecule has 4 aromatic rings. The molecule has 0 saturated carbocycles. The monoisotopic (exact) mass is 505 g/mol. The third-order valence-corrected chi connectivity index (χ3v) is 7.39. The van der Waals surface area contributed by atoms with Gasteiger partial charge in [-0.25, -0.2) is 27.9 Å². The van der Waals surface area contributed by atoms with Crippen molar-refractivity contribution in [1.82, 2.24) is 24.5 Å². The quantitative estimate of drug-likeness (QED) is 0.314. The molecule has 0 atom stereocenters. The minimum atomic E-state index is -4.08. The normalized spacial score (nSPS) is 11.2. The Kier molecular flexibility index (Phi) is 6.18. The molecule has 2 amide bonds. The van der Waals surface area contributed by atoms with Crippen LogP contribution in [0.2, 0.25) is 4.34 Å². The van der Waals surface area contributed by atoms with Crippen molar-refractivity contribution in [1.29, 1.82) is 0 Å². The molecule has 0 radical (unpaired) electrons. The van der Waals surface area contributed by atoms with Crippen LogP contribution in [0.3, 0.4) is 0 Å². The smallest absolute Gasteiger partial charge is 0.334 e. The maximum Gasteiger partial charge on any atom is 0.334 e. The Morgan fingerprint density at radius 1 is 1.15 bits per heavy atom. The zero-order chi connectivity index (χ0) is 23.6. The second kappa shape index (κ2) is 9.05. The Labute approximate surface area is 196 Å². The second-order valence-corrected chi connectivity index (χ2v) is 10.2. The van der Waals surface area contributed by atoms with Gasteiger partial charge in [0.05, 0.1) is 22.4 Å². The number of aromatic amines is 1. The molecular formula is C19H16ClN7O4S2. The summed E-state index contributed by atoms with van der Waals surface area (Å²) in [6, 6.07) is 10.6. The molecule has 0 unspecified atom stereocenters. The molecule has 0 saturated heterocycles. The standard InChI is InChI=1S/C19H16ClN7O4S2/c1-21-12-4-2-3-11(7-12)13-8-17(28)27(25-13)16-10-22-15(9-23-16)24-19(29)26-33(30,31)18-6-5-14(20)32-18/h2-10,21,25H,1H3,(H2,22,24,26,29). The van der Waals surface area contributed by atoms with E-state index in [0.717, 1.165) is 22.6 Å². The van der Waals surface area contributed by atoms with Crippen LogP contribution in [0.1, 0.15) is 0 Å². The molecule has 14 heteroatoms. The van der Waals surface area contributed by atoms with E-state index in [1.54, 1.807) is 7.05 Å². The number of hydrogen-bond acceptors (Lipinski definition) is 8. The summed E-state index contributed by atoms with van der Waals surface area (Å²) in [6.45, 7) is 0. The third-order valence-electron chi connectivity index (χ3n) is 4.33. The molecule has 1 aromatic carbocycles. The first-order valence-electron chi connectivity index (χ1n) is 9.27. The van der Waals surface area contributed by atoms with Crippen LogP contribution in [-0.2, 0) is 10.0 Å². The van der Waals surface area contributed by atoms with Crippen LogP contribution in [0.5, 0.6) is 0 Å². The summed E-state index contributed by atoms with van der Waals surface area (Å²) in [7, 11) is -2.28. The number of urea groups is 1. The molecule has 3 heterocycles. The lowest BCUT2D eigenvalue weighted by molar-refractivity contribution is 0.256. The zero-order valence-corrected chi connectivity index (χ0v) is 19.3. The average Bonchev–Trinajstić information content (AvgIpc) is 3.40. The molecule has 0 spiro atoms. The molecule has 4 rings (SSSR count). The van der Waals surface area contributed by atoms with Gasteiger partial charge in [-0.2, -0.15) is 4.68 Å². The lowest BCUT2D eigenvalue weighted by atomic mass is 10.1. The number of nitrogens with one attached hydrogen (secondary N) is 4. The van der Waals surface area contributed by atoms with E-state index in [1.807, 2.05) is 29.0 Å². The summed E-state index contributed by atoms with van der Waals surface area (Å²) in [5.41, 5.74) is 1.92. The molecule has 33 heavy (non-hydrogen) atoms. The highest BCUT2D eigenvalue weighted by molar-refractivity contribution is 7.92. The van der Waals surface area contributed by atoms with Crippen LogP contribution in [0, 0.1) is 0 Å². The predicted molar refractivity (Wildman–Crippen MR) is 126 cm³/mol. The molecule has 170 valence electrons. The van der Waals surface area contributed by atoms with Gasteiger partial charge in [-0.1, -0.05) is 23.7 Å². The highest BCUT2D eigenvalue weighted by Gasteiger charge is 2.20. The molecule has 0 bridgehead atoms. The highest BCUT2D eigenvalue weighted by Crippen LogP contribution is 2.25. The lowest BCUT2D eigenvalue weighted by Gasteiger charge is -2.07. The van der Waals surface area contributed by atoms with E-state index in [1.165, 1.54) is 35.3 Å². The minimum absolute atomic E-state index is 0.0165. The van der Waals surface area contributed by atoms with Crippen molar-refractivity contribution in [2.24, 2.45) is 0 Å². The SMILES string of the molecule is CNc1cccc(-c2cc(=O)n(-c3cnc(NC(=O)NS(=O)(=O)c4ccc(Cl)s4)cn3)[nH]2)c1. The van der Waals surface area contributed by atoms with Crippen LogP contribution < -0.4 is 20.9 Å². The van der Waals surface area contributed by atoms with Gasteiger partial charge in [0.15, 0.2) is 11.6 Å². The van der Waals surface area contributed by atoms with Crippen LogP contribution in [0.25, 0.3) is 17.1 Å². The number of anilines is 2. The summed E-state index contributed by atoms with van der Waals surface area (Å²) in [6.07, 6.45) is 2.45. The van der Waals surface area contributed by atoms with Gasteiger partial charge in [-0.05, 0) is 24.3 Å². The second-order valence-electron chi connectivity index (χ2n) is 6.55. The minimum Gasteiger partial charge on any atom is -0.388 e. The van der Waals surface area contributed by atoms with Gasteiger partial charge in [0.25, 0.3) is 15.6 Å². The number of halogens is 1. The number of H-pyrrole nitrogens is 1. The van der Waals surface area contributed by atoms with E-state index in [2.05, 4.69) is 25.7 Å². The summed E-state index contributed by atoms with van der Waals surface area (Å²) in [5.74, 6) is 0.167. The number of amides is 2. The fourth-order valence-corrected chi connectivity index (χ4v) is 5.20. The first kappa shape index (κ1) is 22.5. The van der Waals surface area contributed by atoms with Crippen LogP contribution in [-0.4, -0.2) is 41.2 Å². The summed E-state index contributed by atoms with van der Waals surface area (Å²) in [4.78, 5) is 32.6. The van der Waals surface area contributed by atoms with Gasteiger partial charge in [0.2, 0.25) is 0 Å². The van der Waals surface area contributed by atoms with Gasteiger partial charge < -0.3 is 5.32 Å². The Bertz CT molecular complexity index is 1480. The Morgan fingerprint density at radius 3 is 2.64 bits per heavy atom. The van der Waals surface area contributed by atoms with Gasteiger partial charge in [0, 0.05) is 24.4 Å². The first-order valence-corrected chi connectivity index (χ1v) is 11.9. The predicted octanol–water partition coefficient (Wildman–Crippen LogP) is 2.89. The fourth-order valence-electron chi connectivity index (χ4n) is 2.81. The topological polar surface area (TPSA) is 151 Å². The van der Waals surface area contributed by atoms with Gasteiger partial charge in [-0.15, -0.1) is 11.3 Å². The van der Waals surface area contributed by atoms with Crippen molar-refractivity contribution in [2.75, 3.05) is 17.7 Å². The summed E-state index contributed by atoms with van der Waals surface area (Å²) >= 11 is 6.55. The number of hydrogen-bond donors (Lipinski definition) is 4. The Balaban J connectivity index is 1.48. The molecule has 0 aliphatic heterocycles. The van der Waals surface area contributed by atoms with Crippen molar-refractivity contribution in [3.63, 3.8) is 0 Å². The third kappa shape index (κ3) is 5.05. The van der Waals surface area contributed by atoms with Gasteiger partial charge in [-0.3, -0.25) is 15.2 Å². The molecule has 3 aromatic heterocycles. The molecule has 0 aliphatic rings. The largest absolute Gasteiger partial charge is 0.388 e. The summed E-state index contributed by atoms with van der Waals surface area (Å²) < 4.78 is 27.6. The number of thiophene rings is 1. The average molecular weight is 506 g/mol. The van der Waals surface area contributed by atoms with E-state index in [9.17, 15) is 18.0 Å². The van der Waals surface area contributed by atoms with E-state index < -0.39 is 16.1 Å². The number of carbonyl (C=O) groups is 1. The molecule has 0 fully saturated rings. The Morgan fingerprint density at radius 2 is 1.97 bits per heavy atom. The van der Waals surface area contributed by atoms with E-state index >= 15 is 0 Å². The number of benzene rings is 1. The number of carbonyl (C=O) groups excluding carboxylic acids is 1. The lowest BCUT2D eigenvalue weighted by Crippen LogP contribution is -2.34. The van der Waals surface area contributed by atoms with E-state index in [-0.39, 0.29) is 25.7 Å². The Hall–Kier alpha value is -3.68. The number of aromatic nitrogens is 4.